The number of aromatic nitrogens is 2. The van der Waals surface area contributed by atoms with Gasteiger partial charge in [0.1, 0.15) is 0 Å². The molecule has 31 heavy (non-hydrogen) atoms. The Labute approximate surface area is 182 Å². The fraction of sp³-hybridized carbons (Fsp3) is 0.0870. The van der Waals surface area contributed by atoms with Crippen LogP contribution in [0.1, 0.15) is 16.8 Å². The maximum atomic E-state index is 13.1. The summed E-state index contributed by atoms with van der Waals surface area (Å²) < 4.78 is 0.997. The minimum absolute atomic E-state index is 0.0263. The summed E-state index contributed by atoms with van der Waals surface area (Å²) >= 11 is 1.44. The number of nitro benzene ring substituents is 1. The Kier molecular flexibility index (Phi) is 5.81. The van der Waals surface area contributed by atoms with E-state index < -0.39 is 4.92 Å². The monoisotopic (exact) mass is 430 g/mol. The molecule has 0 fully saturated rings. The van der Waals surface area contributed by atoms with Crippen molar-refractivity contribution in [3.05, 3.63) is 99.9 Å². The van der Waals surface area contributed by atoms with E-state index in [1.165, 1.54) is 29.5 Å². The highest BCUT2D eigenvalue weighted by molar-refractivity contribution is 7.22. The number of hydrogen-bond donors (Lipinski definition) is 0. The maximum absolute atomic E-state index is 13.1. The second kappa shape index (κ2) is 8.85. The molecule has 7 nitrogen and oxygen atoms in total. The zero-order valence-corrected chi connectivity index (χ0v) is 17.5. The van der Waals surface area contributed by atoms with Crippen molar-refractivity contribution in [2.45, 2.75) is 13.5 Å². The molecule has 0 atom stereocenters. The van der Waals surface area contributed by atoms with Crippen LogP contribution in [0.2, 0.25) is 0 Å². The predicted octanol–water partition coefficient (Wildman–Crippen LogP) is 5.15. The molecule has 0 saturated heterocycles. The SMILES string of the molecule is Cc1cccc2sc(N(Cc3ccccn3)C(=O)/C=C/c3cccc([N+](=O)[O-])c3)nc12. The van der Waals surface area contributed by atoms with Gasteiger partial charge in [0, 0.05) is 24.4 Å². The van der Waals surface area contributed by atoms with Crippen molar-refractivity contribution in [1.82, 2.24) is 9.97 Å². The van der Waals surface area contributed by atoms with E-state index in [1.54, 1.807) is 29.3 Å². The van der Waals surface area contributed by atoms with Gasteiger partial charge < -0.3 is 0 Å². The number of nitro groups is 1. The molecule has 0 N–H and O–H groups in total. The Morgan fingerprint density at radius 2 is 2.00 bits per heavy atom. The van der Waals surface area contributed by atoms with E-state index in [4.69, 9.17) is 4.98 Å². The number of fused-ring (bicyclic) bond motifs is 1. The van der Waals surface area contributed by atoms with E-state index >= 15 is 0 Å². The van der Waals surface area contributed by atoms with Crippen LogP contribution < -0.4 is 4.90 Å². The van der Waals surface area contributed by atoms with Crippen LogP contribution in [0.15, 0.2) is 72.9 Å². The number of anilines is 1. The largest absolute Gasteiger partial charge is 0.278 e. The Bertz CT molecular complexity index is 1280. The number of thiazole rings is 1. The summed E-state index contributed by atoms with van der Waals surface area (Å²) in [5.74, 6) is -0.283. The number of nitrogens with zero attached hydrogens (tertiary/aromatic N) is 4. The number of benzene rings is 2. The minimum Gasteiger partial charge on any atom is -0.278 e. The van der Waals surface area contributed by atoms with Gasteiger partial charge in [0.15, 0.2) is 5.13 Å². The van der Waals surface area contributed by atoms with Crippen LogP contribution in [0.25, 0.3) is 16.3 Å². The summed E-state index contributed by atoms with van der Waals surface area (Å²) in [6.45, 7) is 2.25. The van der Waals surface area contributed by atoms with E-state index in [0.29, 0.717) is 10.7 Å². The number of carbonyl (C=O) groups excluding carboxylic acids is 1. The van der Waals surface area contributed by atoms with Crippen LogP contribution >= 0.6 is 11.3 Å². The first-order valence-corrected chi connectivity index (χ1v) is 10.3. The third-order valence-electron chi connectivity index (χ3n) is 4.65. The maximum Gasteiger partial charge on any atom is 0.270 e. The number of aryl methyl sites for hydroxylation is 1. The quantitative estimate of drug-likeness (QED) is 0.240. The molecule has 2 heterocycles. The fourth-order valence-corrected chi connectivity index (χ4v) is 4.13. The molecule has 1 amide bonds. The van der Waals surface area contributed by atoms with E-state index in [0.717, 1.165) is 21.5 Å². The summed E-state index contributed by atoms with van der Waals surface area (Å²) in [7, 11) is 0. The van der Waals surface area contributed by atoms with Gasteiger partial charge in [0.2, 0.25) is 0 Å². The molecule has 4 rings (SSSR count). The van der Waals surface area contributed by atoms with Gasteiger partial charge in [-0.3, -0.25) is 24.8 Å². The second-order valence-corrected chi connectivity index (χ2v) is 7.86. The first-order valence-electron chi connectivity index (χ1n) is 9.51. The lowest BCUT2D eigenvalue weighted by Gasteiger charge is -2.17. The molecule has 4 aromatic rings. The van der Waals surface area contributed by atoms with Crippen molar-refractivity contribution in [2.24, 2.45) is 0 Å². The van der Waals surface area contributed by atoms with Gasteiger partial charge in [-0.2, -0.15) is 0 Å². The van der Waals surface area contributed by atoms with Crippen molar-refractivity contribution in [3.8, 4) is 0 Å². The molecule has 154 valence electrons. The van der Waals surface area contributed by atoms with Crippen LogP contribution in [0.5, 0.6) is 0 Å². The normalized spacial score (nSPS) is 11.1. The average Bonchev–Trinajstić information content (AvgIpc) is 3.22. The summed E-state index contributed by atoms with van der Waals surface area (Å²) in [6, 6.07) is 17.6. The smallest absolute Gasteiger partial charge is 0.270 e. The number of hydrogen-bond acceptors (Lipinski definition) is 6. The Hall–Kier alpha value is -3.91. The van der Waals surface area contributed by atoms with Crippen LogP contribution in [0.4, 0.5) is 10.8 Å². The Balaban J connectivity index is 1.67. The average molecular weight is 430 g/mol. The first-order chi connectivity index (χ1) is 15.0. The van der Waals surface area contributed by atoms with E-state index in [2.05, 4.69) is 4.98 Å². The number of pyridine rings is 1. The molecule has 2 aromatic carbocycles. The molecule has 2 aromatic heterocycles. The second-order valence-electron chi connectivity index (χ2n) is 6.85. The van der Waals surface area contributed by atoms with Gasteiger partial charge in [-0.25, -0.2) is 4.98 Å². The third kappa shape index (κ3) is 4.65. The summed E-state index contributed by atoms with van der Waals surface area (Å²) in [6.07, 6.45) is 4.65. The highest BCUT2D eigenvalue weighted by Crippen LogP contribution is 2.31. The van der Waals surface area contributed by atoms with Gasteiger partial charge in [-0.1, -0.05) is 41.7 Å². The molecule has 0 aliphatic heterocycles. The Morgan fingerprint density at radius 3 is 2.74 bits per heavy atom. The third-order valence-corrected chi connectivity index (χ3v) is 5.70. The van der Waals surface area contributed by atoms with Gasteiger partial charge in [0.25, 0.3) is 11.6 Å². The summed E-state index contributed by atoms with van der Waals surface area (Å²) in [5, 5.41) is 11.6. The fourth-order valence-electron chi connectivity index (χ4n) is 3.08. The lowest BCUT2D eigenvalue weighted by molar-refractivity contribution is -0.384. The molecule has 0 aliphatic carbocycles. The van der Waals surface area contributed by atoms with Crippen molar-refractivity contribution in [3.63, 3.8) is 0 Å². The van der Waals surface area contributed by atoms with Crippen LogP contribution in [-0.4, -0.2) is 20.8 Å². The van der Waals surface area contributed by atoms with E-state index in [1.807, 2.05) is 43.3 Å². The highest BCUT2D eigenvalue weighted by atomic mass is 32.1. The van der Waals surface area contributed by atoms with E-state index in [-0.39, 0.29) is 18.1 Å². The van der Waals surface area contributed by atoms with Crippen LogP contribution in [0, 0.1) is 17.0 Å². The minimum atomic E-state index is -0.462. The number of carbonyl (C=O) groups is 1. The van der Waals surface area contributed by atoms with Crippen molar-refractivity contribution < 1.29 is 9.72 Å². The topological polar surface area (TPSA) is 89.2 Å². The van der Waals surface area contributed by atoms with Gasteiger partial charge in [0.05, 0.1) is 27.4 Å². The molecule has 0 unspecified atom stereocenters. The molecule has 0 spiro atoms. The molecular formula is C23H18N4O3S. The molecule has 0 saturated carbocycles. The lowest BCUT2D eigenvalue weighted by atomic mass is 10.2. The zero-order chi connectivity index (χ0) is 21.8. The highest BCUT2D eigenvalue weighted by Gasteiger charge is 2.19. The van der Waals surface area contributed by atoms with Crippen LogP contribution in [0.3, 0.4) is 0 Å². The lowest BCUT2D eigenvalue weighted by Crippen LogP contribution is -2.29. The van der Waals surface area contributed by atoms with Crippen molar-refractivity contribution in [1.29, 1.82) is 0 Å². The van der Waals surface area contributed by atoms with Crippen LogP contribution in [-0.2, 0) is 11.3 Å². The predicted molar refractivity (Wildman–Crippen MR) is 122 cm³/mol. The number of non-ortho nitro benzene ring substituents is 1. The molecule has 0 bridgehead atoms. The van der Waals surface area contributed by atoms with Crippen molar-refractivity contribution >= 4 is 44.4 Å². The van der Waals surface area contributed by atoms with Gasteiger partial charge in [-0.05, 0) is 42.3 Å². The zero-order valence-electron chi connectivity index (χ0n) is 16.6. The van der Waals surface area contributed by atoms with Gasteiger partial charge in [-0.15, -0.1) is 0 Å². The molecule has 8 heteroatoms. The molecule has 0 radical (unpaired) electrons. The van der Waals surface area contributed by atoms with Gasteiger partial charge >= 0.3 is 0 Å². The Morgan fingerprint density at radius 1 is 1.16 bits per heavy atom. The summed E-state index contributed by atoms with van der Waals surface area (Å²) in [4.78, 5) is 34.3. The standard InChI is InChI=1S/C23H18N4O3S/c1-16-6-4-10-20-22(16)25-23(31-20)26(15-18-8-2-3-13-24-18)21(28)12-11-17-7-5-9-19(14-17)27(29)30/h2-14H,15H2,1H3/b12-11+. The van der Waals surface area contributed by atoms with E-state index in [9.17, 15) is 14.9 Å². The first kappa shape index (κ1) is 20.4. The number of rotatable bonds is 6. The summed E-state index contributed by atoms with van der Waals surface area (Å²) in [5.41, 5.74) is 3.18. The van der Waals surface area contributed by atoms with Crippen molar-refractivity contribution in [2.75, 3.05) is 4.90 Å². The number of amides is 1. The number of para-hydroxylation sites is 1. The molecular weight excluding hydrogens is 412 g/mol. The molecule has 0 aliphatic rings.